The van der Waals surface area contributed by atoms with E-state index in [0.717, 1.165) is 25.7 Å². The molecule has 1 unspecified atom stereocenters. The van der Waals surface area contributed by atoms with E-state index in [1.54, 1.807) is 29.7 Å². The molecule has 0 fully saturated rings. The average Bonchev–Trinajstić information content (AvgIpc) is 3.36. The van der Waals surface area contributed by atoms with Crippen molar-refractivity contribution in [3.63, 3.8) is 0 Å². The van der Waals surface area contributed by atoms with Gasteiger partial charge in [0.15, 0.2) is 0 Å². The van der Waals surface area contributed by atoms with Gasteiger partial charge in [-0.1, -0.05) is 42.1 Å². The third-order valence-electron chi connectivity index (χ3n) is 4.18. The van der Waals surface area contributed by atoms with Gasteiger partial charge in [0.25, 0.3) is 5.91 Å². The maximum absolute atomic E-state index is 12.6. The van der Waals surface area contributed by atoms with E-state index in [9.17, 15) is 9.59 Å². The van der Waals surface area contributed by atoms with Crippen molar-refractivity contribution in [3.05, 3.63) is 59.7 Å². The molecular weight excluding hydrogens is 424 g/mol. The summed E-state index contributed by atoms with van der Waals surface area (Å²) >= 11 is 4.22. The highest BCUT2D eigenvalue weighted by Crippen LogP contribution is 2.37. The molecule has 29 heavy (non-hydrogen) atoms. The molecule has 0 bridgehead atoms. The number of thiophene rings is 2. The van der Waals surface area contributed by atoms with E-state index in [4.69, 9.17) is 5.73 Å². The monoisotopic (exact) mass is 440 g/mol. The van der Waals surface area contributed by atoms with E-state index in [-0.39, 0.29) is 5.91 Å². The number of amides is 2. The molecule has 1 aromatic carbocycles. The number of rotatable bonds is 6. The summed E-state index contributed by atoms with van der Waals surface area (Å²) in [5.74, 6) is -0.781. The molecule has 3 heterocycles. The predicted octanol–water partition coefficient (Wildman–Crippen LogP) is 4.64. The van der Waals surface area contributed by atoms with E-state index in [1.807, 2.05) is 18.2 Å². The molecule has 4 rings (SSSR count). The van der Waals surface area contributed by atoms with Crippen molar-refractivity contribution in [1.29, 1.82) is 0 Å². The fraction of sp³-hybridized carbons (Fsp3) is 0.100. The van der Waals surface area contributed by atoms with Crippen molar-refractivity contribution in [2.75, 3.05) is 5.32 Å². The van der Waals surface area contributed by atoms with Gasteiger partial charge < -0.3 is 11.1 Å². The lowest BCUT2D eigenvalue weighted by atomic mass is 10.2. The summed E-state index contributed by atoms with van der Waals surface area (Å²) in [4.78, 5) is 34.8. The summed E-state index contributed by atoms with van der Waals surface area (Å²) in [5.41, 5.74) is 6.78. The number of carbonyl (C=O) groups is 2. The third-order valence-corrected chi connectivity index (χ3v) is 7.21. The second-order valence-corrected chi connectivity index (χ2v) is 9.43. The number of anilines is 1. The Labute approximate surface area is 179 Å². The highest BCUT2D eigenvalue weighted by molar-refractivity contribution is 8.00. The molecule has 0 saturated heterocycles. The Kier molecular flexibility index (Phi) is 5.61. The van der Waals surface area contributed by atoms with Gasteiger partial charge in [-0.15, -0.1) is 22.7 Å². The van der Waals surface area contributed by atoms with Gasteiger partial charge in [0.2, 0.25) is 5.91 Å². The first-order chi connectivity index (χ1) is 14.0. The normalized spacial score (nSPS) is 12.0. The van der Waals surface area contributed by atoms with Crippen LogP contribution in [0.1, 0.15) is 17.3 Å². The third kappa shape index (κ3) is 4.16. The smallest absolute Gasteiger partial charge is 0.251 e. The Morgan fingerprint density at radius 2 is 1.97 bits per heavy atom. The summed E-state index contributed by atoms with van der Waals surface area (Å²) in [6, 6.07) is 13.8. The van der Waals surface area contributed by atoms with Gasteiger partial charge in [0.1, 0.15) is 21.2 Å². The number of aromatic nitrogens is 2. The highest BCUT2D eigenvalue weighted by atomic mass is 32.2. The number of nitrogens with one attached hydrogen (secondary N) is 1. The van der Waals surface area contributed by atoms with Crippen molar-refractivity contribution < 1.29 is 9.59 Å². The van der Waals surface area contributed by atoms with Gasteiger partial charge in [0, 0.05) is 10.3 Å². The first kappa shape index (κ1) is 19.6. The van der Waals surface area contributed by atoms with Crippen LogP contribution in [0.2, 0.25) is 0 Å². The first-order valence-electron chi connectivity index (χ1n) is 8.67. The molecule has 4 aromatic rings. The zero-order valence-corrected chi connectivity index (χ0v) is 17.7. The summed E-state index contributed by atoms with van der Waals surface area (Å²) in [6.45, 7) is 1.80. The molecule has 9 heteroatoms. The minimum absolute atomic E-state index is 0.217. The Morgan fingerprint density at radius 1 is 1.17 bits per heavy atom. The number of carbonyl (C=O) groups excluding carboxylic acids is 2. The number of hydrogen-bond donors (Lipinski definition) is 2. The number of thioether (sulfide) groups is 1. The molecule has 0 saturated carbocycles. The molecule has 6 nitrogen and oxygen atoms in total. The largest absolute Gasteiger partial charge is 0.366 e. The topological polar surface area (TPSA) is 98.0 Å². The molecule has 1 atom stereocenters. The zero-order valence-electron chi connectivity index (χ0n) is 15.3. The van der Waals surface area contributed by atoms with Crippen LogP contribution in [0.3, 0.4) is 0 Å². The highest BCUT2D eigenvalue weighted by Gasteiger charge is 2.20. The standard InChI is InChI=1S/C20H16N4O2S3/c1-11(17(26)24-20-13(16(21)25)7-8-27-20)28-18-14-9-15(12-5-3-2-4-6-12)29-19(14)23-10-22-18/h2-11H,1H3,(H2,21,25)(H,24,26). The minimum Gasteiger partial charge on any atom is -0.366 e. The lowest BCUT2D eigenvalue weighted by molar-refractivity contribution is -0.115. The number of hydrogen-bond acceptors (Lipinski definition) is 7. The number of benzene rings is 1. The Hall–Kier alpha value is -2.75. The van der Waals surface area contributed by atoms with Crippen LogP contribution in [0.15, 0.2) is 59.2 Å². The van der Waals surface area contributed by atoms with E-state index < -0.39 is 11.2 Å². The SMILES string of the molecule is CC(Sc1ncnc2sc(-c3ccccc3)cc12)C(=O)Nc1sccc1C(N)=O. The van der Waals surface area contributed by atoms with Crippen molar-refractivity contribution in [3.8, 4) is 10.4 Å². The van der Waals surface area contributed by atoms with Crippen LogP contribution in [-0.2, 0) is 4.79 Å². The van der Waals surface area contributed by atoms with Crippen LogP contribution in [-0.4, -0.2) is 27.0 Å². The molecule has 3 aromatic heterocycles. The van der Waals surface area contributed by atoms with Crippen molar-refractivity contribution in [1.82, 2.24) is 9.97 Å². The Morgan fingerprint density at radius 3 is 2.72 bits per heavy atom. The van der Waals surface area contributed by atoms with E-state index in [1.165, 1.54) is 29.4 Å². The maximum atomic E-state index is 12.6. The average molecular weight is 441 g/mol. The van der Waals surface area contributed by atoms with Gasteiger partial charge in [-0.05, 0) is 30.0 Å². The molecule has 2 amide bonds. The van der Waals surface area contributed by atoms with Crippen LogP contribution in [0.25, 0.3) is 20.7 Å². The van der Waals surface area contributed by atoms with E-state index in [0.29, 0.717) is 10.6 Å². The summed E-state index contributed by atoms with van der Waals surface area (Å²) < 4.78 is 0. The first-order valence-corrected chi connectivity index (χ1v) is 11.3. The molecule has 0 spiro atoms. The number of primary amides is 1. The van der Waals surface area contributed by atoms with Crippen LogP contribution < -0.4 is 11.1 Å². The quantitative estimate of drug-likeness (QED) is 0.336. The molecule has 146 valence electrons. The van der Waals surface area contributed by atoms with Crippen LogP contribution in [0.5, 0.6) is 0 Å². The predicted molar refractivity (Wildman–Crippen MR) is 120 cm³/mol. The molecule has 0 aliphatic heterocycles. The van der Waals surface area contributed by atoms with Crippen LogP contribution >= 0.6 is 34.4 Å². The van der Waals surface area contributed by atoms with Gasteiger partial charge in [-0.25, -0.2) is 9.97 Å². The minimum atomic E-state index is -0.564. The lowest BCUT2D eigenvalue weighted by Gasteiger charge is -2.11. The molecule has 0 radical (unpaired) electrons. The maximum Gasteiger partial charge on any atom is 0.251 e. The fourth-order valence-corrected chi connectivity index (χ4v) is 5.46. The number of fused-ring (bicyclic) bond motifs is 1. The van der Waals surface area contributed by atoms with Crippen molar-refractivity contribution in [2.24, 2.45) is 5.73 Å². The number of nitrogens with two attached hydrogens (primary N) is 1. The second-order valence-electron chi connectivity index (χ2n) is 6.15. The number of nitrogens with zero attached hydrogens (tertiary/aromatic N) is 2. The van der Waals surface area contributed by atoms with E-state index >= 15 is 0 Å². The van der Waals surface area contributed by atoms with Gasteiger partial charge in [0.05, 0.1) is 10.8 Å². The second kappa shape index (κ2) is 8.32. The summed E-state index contributed by atoms with van der Waals surface area (Å²) in [6.07, 6.45) is 1.52. The molecule has 0 aliphatic carbocycles. The van der Waals surface area contributed by atoms with Crippen molar-refractivity contribution in [2.45, 2.75) is 17.2 Å². The summed E-state index contributed by atoms with van der Waals surface area (Å²) in [5, 5.41) is 6.22. The van der Waals surface area contributed by atoms with Gasteiger partial charge in [-0.2, -0.15) is 0 Å². The van der Waals surface area contributed by atoms with Crippen molar-refractivity contribution >= 4 is 61.5 Å². The van der Waals surface area contributed by atoms with Gasteiger partial charge >= 0.3 is 0 Å². The Balaban J connectivity index is 1.55. The van der Waals surface area contributed by atoms with Gasteiger partial charge in [-0.3, -0.25) is 9.59 Å². The van der Waals surface area contributed by atoms with Crippen LogP contribution in [0.4, 0.5) is 5.00 Å². The zero-order chi connectivity index (χ0) is 20.4. The molecular formula is C20H16N4O2S3. The summed E-state index contributed by atoms with van der Waals surface area (Å²) in [7, 11) is 0. The van der Waals surface area contributed by atoms with Crippen LogP contribution in [0, 0.1) is 0 Å². The fourth-order valence-electron chi connectivity index (χ4n) is 2.71. The molecule has 0 aliphatic rings. The lowest BCUT2D eigenvalue weighted by Crippen LogP contribution is -2.23. The Bertz CT molecular complexity index is 1190. The van der Waals surface area contributed by atoms with E-state index in [2.05, 4.69) is 33.5 Å². The molecule has 3 N–H and O–H groups in total.